The highest BCUT2D eigenvalue weighted by atomic mass is 31.2. The Labute approximate surface area is 255 Å². The molecule has 0 saturated carbocycles. The fraction of sp³-hybridized carbons (Fsp3) is 0.606. The number of carbonyl (C=O) groups excluding carboxylic acids is 1. The molecule has 0 aromatic heterocycles. The molecule has 0 aliphatic carbocycles. The Kier molecular flexibility index (Phi) is 28.9. The van der Waals surface area contributed by atoms with Crippen molar-refractivity contribution >= 4 is 13.8 Å². The Bertz CT molecular complexity index is 864. The van der Waals surface area contributed by atoms with Gasteiger partial charge in [-0.15, -0.1) is 0 Å². The van der Waals surface area contributed by atoms with Crippen LogP contribution in [0.5, 0.6) is 0 Å². The Morgan fingerprint density at radius 2 is 1.29 bits per heavy atom. The fourth-order valence-electron chi connectivity index (χ4n) is 3.45. The van der Waals surface area contributed by atoms with Crippen LogP contribution in [0.1, 0.15) is 90.9 Å². The fourth-order valence-corrected chi connectivity index (χ4v) is 4.21. The predicted octanol–water partition coefficient (Wildman–Crippen LogP) is 8.07. The van der Waals surface area contributed by atoms with Crippen molar-refractivity contribution in [1.29, 1.82) is 0 Å². The molecule has 2 atom stereocenters. The zero-order valence-corrected chi connectivity index (χ0v) is 26.8. The number of allylic oxidation sites excluding steroid dienone is 12. The summed E-state index contributed by atoms with van der Waals surface area (Å²) in [5, 5.41) is 0. The lowest BCUT2D eigenvalue weighted by molar-refractivity contribution is -0.154. The van der Waals surface area contributed by atoms with Crippen LogP contribution in [0.15, 0.2) is 72.9 Å². The van der Waals surface area contributed by atoms with E-state index >= 15 is 0 Å². The first kappa shape index (κ1) is 39.9. The van der Waals surface area contributed by atoms with E-state index in [9.17, 15) is 14.3 Å². The number of hydrogen-bond acceptors (Lipinski definition) is 7. The van der Waals surface area contributed by atoms with E-state index in [1.54, 1.807) is 0 Å². The van der Waals surface area contributed by atoms with Gasteiger partial charge >= 0.3 is 13.8 Å². The molecule has 0 aliphatic rings. The van der Waals surface area contributed by atoms with Gasteiger partial charge in [-0.3, -0.25) is 13.8 Å². The molecule has 0 aliphatic heterocycles. The molecular weight excluding hydrogens is 553 g/mol. The summed E-state index contributed by atoms with van der Waals surface area (Å²) in [4.78, 5) is 21.5. The highest BCUT2D eigenvalue weighted by Gasteiger charge is 2.25. The molecule has 0 spiro atoms. The molecule has 0 amide bonds. The van der Waals surface area contributed by atoms with Crippen molar-refractivity contribution in [3.8, 4) is 0 Å². The molecule has 2 unspecified atom stereocenters. The van der Waals surface area contributed by atoms with E-state index in [1.807, 2.05) is 6.92 Å². The Morgan fingerprint density at radius 1 is 0.738 bits per heavy atom. The van der Waals surface area contributed by atoms with Crippen molar-refractivity contribution in [1.82, 2.24) is 0 Å². The SMILES string of the molecule is CC/C=C\C/C=C\C/C=C\C/C=C\C/C=C\C/C=C\CCCCCOCC(COP(=O)(O)OCCN)OC(=O)CCC. The van der Waals surface area contributed by atoms with Crippen molar-refractivity contribution in [2.75, 3.05) is 33.0 Å². The first-order valence-electron chi connectivity index (χ1n) is 15.4. The maximum Gasteiger partial charge on any atom is 0.472 e. The van der Waals surface area contributed by atoms with Crippen LogP contribution in [0.25, 0.3) is 0 Å². The van der Waals surface area contributed by atoms with Crippen molar-refractivity contribution < 1.29 is 32.8 Å². The molecule has 0 saturated heterocycles. The first-order chi connectivity index (χ1) is 20.4. The molecule has 42 heavy (non-hydrogen) atoms. The average Bonchev–Trinajstić information content (AvgIpc) is 2.97. The molecule has 0 rings (SSSR count). The Balaban J connectivity index is 3.90. The summed E-state index contributed by atoms with van der Waals surface area (Å²) < 4.78 is 32.4. The van der Waals surface area contributed by atoms with Crippen LogP contribution in [-0.4, -0.2) is 49.9 Å². The predicted molar refractivity (Wildman–Crippen MR) is 173 cm³/mol. The maximum absolute atomic E-state index is 11.9. The molecule has 0 radical (unpaired) electrons. The van der Waals surface area contributed by atoms with E-state index in [0.717, 1.165) is 64.2 Å². The zero-order chi connectivity index (χ0) is 31.0. The van der Waals surface area contributed by atoms with E-state index in [2.05, 4.69) is 79.8 Å². The number of phosphoric ester groups is 1. The van der Waals surface area contributed by atoms with Gasteiger partial charge < -0.3 is 20.1 Å². The minimum Gasteiger partial charge on any atom is -0.457 e. The number of esters is 1. The number of hydrogen-bond donors (Lipinski definition) is 2. The molecule has 9 heteroatoms. The lowest BCUT2D eigenvalue weighted by Gasteiger charge is -2.19. The topological polar surface area (TPSA) is 117 Å². The summed E-state index contributed by atoms with van der Waals surface area (Å²) >= 11 is 0. The molecule has 0 bridgehead atoms. The summed E-state index contributed by atoms with van der Waals surface area (Å²) in [6, 6.07) is 0. The van der Waals surface area contributed by atoms with Crippen LogP contribution in [0.2, 0.25) is 0 Å². The zero-order valence-electron chi connectivity index (χ0n) is 25.9. The second-order valence-corrected chi connectivity index (χ2v) is 11.0. The molecule has 8 nitrogen and oxygen atoms in total. The van der Waals surface area contributed by atoms with Crippen LogP contribution in [0.3, 0.4) is 0 Å². The van der Waals surface area contributed by atoms with Gasteiger partial charge in [-0.05, 0) is 64.2 Å². The molecule has 0 heterocycles. The van der Waals surface area contributed by atoms with E-state index in [0.29, 0.717) is 13.0 Å². The second-order valence-electron chi connectivity index (χ2n) is 9.59. The van der Waals surface area contributed by atoms with Crippen LogP contribution >= 0.6 is 7.82 Å². The molecule has 3 N–H and O–H groups in total. The smallest absolute Gasteiger partial charge is 0.457 e. The minimum absolute atomic E-state index is 0.0828. The van der Waals surface area contributed by atoms with E-state index in [-0.39, 0.29) is 32.8 Å². The van der Waals surface area contributed by atoms with Gasteiger partial charge in [-0.25, -0.2) is 4.57 Å². The molecule has 0 aromatic rings. The van der Waals surface area contributed by atoms with Gasteiger partial charge in [0.1, 0.15) is 6.10 Å². The first-order valence-corrected chi connectivity index (χ1v) is 16.9. The number of rotatable bonds is 28. The number of carbonyl (C=O) groups is 1. The van der Waals surface area contributed by atoms with Gasteiger partial charge in [0.05, 0.1) is 19.8 Å². The maximum atomic E-state index is 11.9. The quantitative estimate of drug-likeness (QED) is 0.0396. The lowest BCUT2D eigenvalue weighted by Crippen LogP contribution is -2.28. The van der Waals surface area contributed by atoms with Gasteiger partial charge in [0.25, 0.3) is 0 Å². The van der Waals surface area contributed by atoms with Crippen LogP contribution in [0, 0.1) is 0 Å². The third kappa shape index (κ3) is 29.4. The average molecular weight is 610 g/mol. The molecule has 0 fully saturated rings. The highest BCUT2D eigenvalue weighted by molar-refractivity contribution is 7.47. The van der Waals surface area contributed by atoms with Crippen LogP contribution in [-0.2, 0) is 27.9 Å². The second kappa shape index (κ2) is 30.4. The largest absolute Gasteiger partial charge is 0.472 e. The van der Waals surface area contributed by atoms with E-state index < -0.39 is 19.9 Å². The van der Waals surface area contributed by atoms with E-state index in [4.69, 9.17) is 24.3 Å². The third-order valence-corrected chi connectivity index (χ3v) is 6.59. The number of ether oxygens (including phenoxy) is 2. The normalized spacial score (nSPS) is 14.9. The van der Waals surface area contributed by atoms with Gasteiger partial charge in [-0.2, -0.15) is 0 Å². The van der Waals surface area contributed by atoms with Gasteiger partial charge in [0.15, 0.2) is 0 Å². The molecule has 0 aromatic carbocycles. The van der Waals surface area contributed by atoms with E-state index in [1.165, 1.54) is 0 Å². The summed E-state index contributed by atoms with van der Waals surface area (Å²) in [6.45, 7) is 4.29. The molecular formula is C33H56NO7P. The summed E-state index contributed by atoms with van der Waals surface area (Å²) in [6.07, 6.45) is 36.5. The summed E-state index contributed by atoms with van der Waals surface area (Å²) in [5.74, 6) is -0.401. The lowest BCUT2D eigenvalue weighted by atomic mass is 10.2. The Morgan fingerprint density at radius 3 is 1.81 bits per heavy atom. The van der Waals surface area contributed by atoms with Crippen LogP contribution < -0.4 is 5.73 Å². The highest BCUT2D eigenvalue weighted by Crippen LogP contribution is 2.43. The monoisotopic (exact) mass is 609 g/mol. The van der Waals surface area contributed by atoms with Gasteiger partial charge in [0, 0.05) is 19.6 Å². The minimum atomic E-state index is -4.25. The van der Waals surface area contributed by atoms with Crippen LogP contribution in [0.4, 0.5) is 0 Å². The van der Waals surface area contributed by atoms with Gasteiger partial charge in [0.2, 0.25) is 0 Å². The van der Waals surface area contributed by atoms with Gasteiger partial charge in [-0.1, -0.05) is 93.2 Å². The summed E-state index contributed by atoms with van der Waals surface area (Å²) in [7, 11) is -4.25. The molecule has 240 valence electrons. The standard InChI is InChI=1S/C33H56NO7P/c1-3-5-6-7-8-9-10-11-12-13-14-15-16-17-18-19-20-21-22-23-24-25-28-38-30-32(41-33(35)26-4-2)31-40-42(36,37)39-29-27-34/h5-6,8-9,11-12,14-15,17-18,20-21,32H,3-4,7,10,13,16,19,22-31,34H2,1-2H3,(H,36,37)/b6-5-,9-8-,12-11-,15-14-,18-17-,21-20-. The van der Waals surface area contributed by atoms with Crippen molar-refractivity contribution in [2.45, 2.75) is 97.0 Å². The van der Waals surface area contributed by atoms with Crippen molar-refractivity contribution in [3.05, 3.63) is 72.9 Å². The Hall–Kier alpha value is -2.06. The number of phosphoric acid groups is 1. The third-order valence-electron chi connectivity index (χ3n) is 5.61. The number of nitrogens with two attached hydrogens (primary N) is 1. The van der Waals surface area contributed by atoms with Crippen molar-refractivity contribution in [2.24, 2.45) is 5.73 Å². The number of unbranched alkanes of at least 4 members (excludes halogenated alkanes) is 3. The van der Waals surface area contributed by atoms with Crippen molar-refractivity contribution in [3.63, 3.8) is 0 Å². The summed E-state index contributed by atoms with van der Waals surface area (Å²) in [5.41, 5.74) is 5.27.